The van der Waals surface area contributed by atoms with E-state index < -0.39 is 0 Å². The Kier molecular flexibility index (Phi) is 5.01. The van der Waals surface area contributed by atoms with Crippen LogP contribution in [0.4, 0.5) is 5.69 Å². The fourth-order valence-electron chi connectivity index (χ4n) is 2.75. The van der Waals surface area contributed by atoms with Crippen molar-refractivity contribution >= 4 is 11.6 Å². The van der Waals surface area contributed by atoms with Crippen LogP contribution in [0.2, 0.25) is 0 Å². The molecule has 1 unspecified atom stereocenters. The molecule has 0 bridgehead atoms. The topological polar surface area (TPSA) is 41.6 Å². The van der Waals surface area contributed by atoms with Gasteiger partial charge in [0.15, 0.2) is 0 Å². The number of anilines is 1. The molecule has 1 amide bonds. The second-order valence-electron chi connectivity index (χ2n) is 5.31. The zero-order valence-electron chi connectivity index (χ0n) is 12.6. The van der Waals surface area contributed by atoms with E-state index in [0.29, 0.717) is 6.42 Å². The van der Waals surface area contributed by atoms with E-state index in [9.17, 15) is 4.79 Å². The fraction of sp³-hybridized carbons (Fsp3) is 0.562. The molecule has 0 saturated carbocycles. The molecule has 1 atom stereocenters. The van der Waals surface area contributed by atoms with E-state index in [2.05, 4.69) is 19.2 Å². The van der Waals surface area contributed by atoms with Crippen molar-refractivity contribution in [1.82, 2.24) is 5.32 Å². The predicted molar refractivity (Wildman–Crippen MR) is 81.4 cm³/mol. The first-order chi connectivity index (χ1) is 9.65. The van der Waals surface area contributed by atoms with Crippen molar-refractivity contribution in [3.05, 3.63) is 23.8 Å². The van der Waals surface area contributed by atoms with Crippen molar-refractivity contribution in [2.75, 3.05) is 25.1 Å². The zero-order chi connectivity index (χ0) is 14.5. The lowest BCUT2D eigenvalue weighted by molar-refractivity contribution is -0.119. The predicted octanol–water partition coefficient (Wildman–Crippen LogP) is 2.36. The SMILES string of the molecule is CCNC(C)CC(=O)N1CCCc2cc(OC)ccc21. The van der Waals surface area contributed by atoms with E-state index in [1.54, 1.807) is 7.11 Å². The highest BCUT2D eigenvalue weighted by Gasteiger charge is 2.23. The van der Waals surface area contributed by atoms with Gasteiger partial charge in [0, 0.05) is 24.7 Å². The normalized spacial score (nSPS) is 15.7. The molecule has 1 aromatic carbocycles. The first-order valence-electron chi connectivity index (χ1n) is 7.36. The van der Waals surface area contributed by atoms with Crippen LogP contribution in [-0.2, 0) is 11.2 Å². The van der Waals surface area contributed by atoms with Crippen molar-refractivity contribution in [3.8, 4) is 5.75 Å². The Morgan fingerprint density at radius 2 is 2.30 bits per heavy atom. The van der Waals surface area contributed by atoms with Gasteiger partial charge >= 0.3 is 0 Å². The van der Waals surface area contributed by atoms with Gasteiger partial charge in [-0.25, -0.2) is 0 Å². The number of carbonyl (C=O) groups is 1. The van der Waals surface area contributed by atoms with Crippen molar-refractivity contribution < 1.29 is 9.53 Å². The van der Waals surface area contributed by atoms with Gasteiger partial charge in [-0.2, -0.15) is 0 Å². The molecule has 1 aromatic rings. The molecule has 0 radical (unpaired) electrons. The number of nitrogens with one attached hydrogen (secondary N) is 1. The monoisotopic (exact) mass is 276 g/mol. The minimum absolute atomic E-state index is 0.199. The van der Waals surface area contributed by atoms with Gasteiger partial charge in [0.1, 0.15) is 5.75 Å². The Labute approximate surface area is 121 Å². The van der Waals surface area contributed by atoms with Crippen molar-refractivity contribution in [1.29, 1.82) is 0 Å². The second kappa shape index (κ2) is 6.75. The fourth-order valence-corrected chi connectivity index (χ4v) is 2.75. The summed E-state index contributed by atoms with van der Waals surface area (Å²) < 4.78 is 5.26. The van der Waals surface area contributed by atoms with E-state index >= 15 is 0 Å². The number of aryl methyl sites for hydroxylation is 1. The van der Waals surface area contributed by atoms with Gasteiger partial charge in [-0.3, -0.25) is 4.79 Å². The first kappa shape index (κ1) is 14.9. The third-order valence-electron chi connectivity index (χ3n) is 3.74. The van der Waals surface area contributed by atoms with Crippen molar-refractivity contribution in [2.24, 2.45) is 0 Å². The van der Waals surface area contributed by atoms with E-state index in [-0.39, 0.29) is 11.9 Å². The zero-order valence-corrected chi connectivity index (χ0v) is 12.6. The van der Waals surface area contributed by atoms with Crippen LogP contribution in [0, 0.1) is 0 Å². The van der Waals surface area contributed by atoms with Gasteiger partial charge in [-0.1, -0.05) is 6.92 Å². The number of carbonyl (C=O) groups excluding carboxylic acids is 1. The Morgan fingerprint density at radius 1 is 1.50 bits per heavy atom. The third kappa shape index (κ3) is 3.31. The van der Waals surface area contributed by atoms with Crippen LogP contribution in [0.1, 0.15) is 32.3 Å². The molecule has 2 rings (SSSR count). The van der Waals surface area contributed by atoms with Gasteiger partial charge < -0.3 is 15.0 Å². The quantitative estimate of drug-likeness (QED) is 0.897. The maximum Gasteiger partial charge on any atom is 0.228 e. The lowest BCUT2D eigenvalue weighted by atomic mass is 10.0. The number of rotatable bonds is 5. The van der Waals surface area contributed by atoms with Crippen LogP contribution in [0.25, 0.3) is 0 Å². The highest BCUT2D eigenvalue weighted by molar-refractivity contribution is 5.95. The molecular weight excluding hydrogens is 252 g/mol. The van der Waals surface area contributed by atoms with Crippen LogP contribution >= 0.6 is 0 Å². The summed E-state index contributed by atoms with van der Waals surface area (Å²) >= 11 is 0. The van der Waals surface area contributed by atoms with E-state index in [1.165, 1.54) is 5.56 Å². The maximum absolute atomic E-state index is 12.5. The number of methoxy groups -OCH3 is 1. The van der Waals surface area contributed by atoms with Gasteiger partial charge in [-0.05, 0) is 50.1 Å². The highest BCUT2D eigenvalue weighted by Crippen LogP contribution is 2.30. The summed E-state index contributed by atoms with van der Waals surface area (Å²) in [5, 5.41) is 3.29. The molecule has 1 aliphatic heterocycles. The molecule has 0 fully saturated rings. The summed E-state index contributed by atoms with van der Waals surface area (Å²) in [5.41, 5.74) is 2.26. The summed E-state index contributed by atoms with van der Waals surface area (Å²) in [6.45, 7) is 5.82. The van der Waals surface area contributed by atoms with Crippen LogP contribution < -0.4 is 15.0 Å². The molecule has 1 heterocycles. The molecule has 0 spiro atoms. The van der Waals surface area contributed by atoms with Crippen LogP contribution in [0.5, 0.6) is 5.75 Å². The van der Waals surface area contributed by atoms with Crippen LogP contribution in [-0.4, -0.2) is 32.1 Å². The lowest BCUT2D eigenvalue weighted by Gasteiger charge is -2.30. The minimum atomic E-state index is 0.199. The molecular formula is C16H24N2O2. The summed E-state index contributed by atoms with van der Waals surface area (Å²) in [6, 6.07) is 6.19. The largest absolute Gasteiger partial charge is 0.497 e. The average molecular weight is 276 g/mol. The first-order valence-corrected chi connectivity index (χ1v) is 7.36. The molecule has 0 saturated heterocycles. The minimum Gasteiger partial charge on any atom is -0.497 e. The standard InChI is InChI=1S/C16H24N2O2/c1-4-17-12(2)10-16(19)18-9-5-6-13-11-14(20-3)7-8-15(13)18/h7-8,11-12,17H,4-6,9-10H2,1-3H3. The van der Waals surface area contributed by atoms with Crippen LogP contribution in [0.15, 0.2) is 18.2 Å². The Hall–Kier alpha value is -1.55. The number of hydrogen-bond donors (Lipinski definition) is 1. The molecule has 110 valence electrons. The van der Waals surface area contributed by atoms with E-state index in [1.807, 2.05) is 23.1 Å². The van der Waals surface area contributed by atoms with Gasteiger partial charge in [0.2, 0.25) is 5.91 Å². The molecule has 4 heteroatoms. The number of nitrogens with zero attached hydrogens (tertiary/aromatic N) is 1. The smallest absolute Gasteiger partial charge is 0.228 e. The molecule has 0 aromatic heterocycles. The number of hydrogen-bond acceptors (Lipinski definition) is 3. The number of amides is 1. The molecule has 1 N–H and O–H groups in total. The molecule has 1 aliphatic rings. The van der Waals surface area contributed by atoms with Crippen molar-refractivity contribution in [2.45, 2.75) is 39.2 Å². The summed E-state index contributed by atoms with van der Waals surface area (Å²) in [4.78, 5) is 14.4. The Bertz CT molecular complexity index is 474. The Balaban J connectivity index is 2.13. The van der Waals surface area contributed by atoms with Gasteiger partial charge in [0.25, 0.3) is 0 Å². The molecule has 20 heavy (non-hydrogen) atoms. The summed E-state index contributed by atoms with van der Waals surface area (Å²) in [6.07, 6.45) is 2.57. The molecule has 0 aliphatic carbocycles. The number of benzene rings is 1. The Morgan fingerprint density at radius 3 is 3.00 bits per heavy atom. The second-order valence-corrected chi connectivity index (χ2v) is 5.31. The van der Waals surface area contributed by atoms with E-state index in [4.69, 9.17) is 4.74 Å². The van der Waals surface area contributed by atoms with Crippen LogP contribution in [0.3, 0.4) is 0 Å². The lowest BCUT2D eigenvalue weighted by Crippen LogP contribution is -2.39. The maximum atomic E-state index is 12.5. The van der Waals surface area contributed by atoms with E-state index in [0.717, 1.165) is 37.4 Å². The van der Waals surface area contributed by atoms with Gasteiger partial charge in [-0.15, -0.1) is 0 Å². The third-order valence-corrected chi connectivity index (χ3v) is 3.74. The molecule has 4 nitrogen and oxygen atoms in total. The van der Waals surface area contributed by atoms with Crippen molar-refractivity contribution in [3.63, 3.8) is 0 Å². The number of ether oxygens (including phenoxy) is 1. The summed E-state index contributed by atoms with van der Waals surface area (Å²) in [7, 11) is 1.67. The highest BCUT2D eigenvalue weighted by atomic mass is 16.5. The average Bonchev–Trinajstić information content (AvgIpc) is 2.46. The number of fused-ring (bicyclic) bond motifs is 1. The van der Waals surface area contributed by atoms with Gasteiger partial charge in [0.05, 0.1) is 7.11 Å². The summed E-state index contributed by atoms with van der Waals surface area (Å²) in [5.74, 6) is 1.06.